The smallest absolute Gasteiger partial charge is 0.226 e. The molecule has 16 heavy (non-hydrogen) atoms. The molecule has 0 amide bonds. The highest BCUT2D eigenvalue weighted by Gasteiger charge is 2.06. The highest BCUT2D eigenvalue weighted by molar-refractivity contribution is 6.17. The lowest BCUT2D eigenvalue weighted by Crippen LogP contribution is -1.92. The van der Waals surface area contributed by atoms with Gasteiger partial charge in [-0.15, -0.1) is 11.6 Å². The first-order valence-corrected chi connectivity index (χ1v) is 5.68. The molecule has 5 heteroatoms. The molecular formula is C11H12ClN3O. The summed E-state index contributed by atoms with van der Waals surface area (Å²) in [6.07, 6.45) is 5.78. The van der Waals surface area contributed by atoms with Gasteiger partial charge in [0.15, 0.2) is 5.82 Å². The summed E-state index contributed by atoms with van der Waals surface area (Å²) in [4.78, 5) is 8.24. The van der Waals surface area contributed by atoms with E-state index >= 15 is 0 Å². The maximum atomic E-state index is 5.59. The lowest BCUT2D eigenvalue weighted by atomic mass is 10.2. The minimum absolute atomic E-state index is 0.613. The van der Waals surface area contributed by atoms with Crippen molar-refractivity contribution in [1.82, 2.24) is 15.1 Å². The first-order chi connectivity index (χ1) is 7.88. The quantitative estimate of drug-likeness (QED) is 0.749. The molecule has 0 fully saturated rings. The van der Waals surface area contributed by atoms with E-state index in [9.17, 15) is 0 Å². The molecule has 2 heterocycles. The molecule has 0 unspecified atom stereocenters. The fourth-order valence-electron chi connectivity index (χ4n) is 1.36. The number of alkyl halides is 1. The monoisotopic (exact) mass is 237 g/mol. The van der Waals surface area contributed by atoms with Gasteiger partial charge in [0.25, 0.3) is 0 Å². The topological polar surface area (TPSA) is 51.8 Å². The molecule has 0 aromatic carbocycles. The highest BCUT2D eigenvalue weighted by Crippen LogP contribution is 2.07. The average molecular weight is 238 g/mol. The molecule has 84 valence electrons. The van der Waals surface area contributed by atoms with Crippen molar-refractivity contribution in [2.75, 3.05) is 5.88 Å². The van der Waals surface area contributed by atoms with E-state index < -0.39 is 0 Å². The number of rotatable bonds is 5. The third-order valence-electron chi connectivity index (χ3n) is 2.15. The summed E-state index contributed by atoms with van der Waals surface area (Å²) in [7, 11) is 0. The number of pyridine rings is 1. The summed E-state index contributed by atoms with van der Waals surface area (Å²) in [6, 6.07) is 3.88. The van der Waals surface area contributed by atoms with E-state index in [0.29, 0.717) is 24.0 Å². The van der Waals surface area contributed by atoms with Gasteiger partial charge in [0.1, 0.15) is 0 Å². The van der Waals surface area contributed by atoms with Crippen LogP contribution in [0.4, 0.5) is 0 Å². The minimum Gasteiger partial charge on any atom is -0.339 e. The summed E-state index contributed by atoms with van der Waals surface area (Å²) in [6.45, 7) is 0. The number of halogens is 1. The molecule has 0 bridgehead atoms. The van der Waals surface area contributed by atoms with Crippen molar-refractivity contribution in [3.05, 3.63) is 41.8 Å². The Morgan fingerprint density at radius 2 is 2.06 bits per heavy atom. The van der Waals surface area contributed by atoms with Crippen LogP contribution in [0, 0.1) is 0 Å². The van der Waals surface area contributed by atoms with Gasteiger partial charge in [-0.1, -0.05) is 5.16 Å². The van der Waals surface area contributed by atoms with Crippen molar-refractivity contribution in [2.24, 2.45) is 0 Å². The van der Waals surface area contributed by atoms with Gasteiger partial charge in [-0.3, -0.25) is 4.98 Å². The minimum atomic E-state index is 0.613. The molecule has 2 rings (SSSR count). The van der Waals surface area contributed by atoms with Crippen LogP contribution in [-0.4, -0.2) is 21.0 Å². The average Bonchev–Trinajstić information content (AvgIpc) is 2.75. The van der Waals surface area contributed by atoms with Gasteiger partial charge >= 0.3 is 0 Å². The van der Waals surface area contributed by atoms with Crippen LogP contribution in [0.25, 0.3) is 0 Å². The van der Waals surface area contributed by atoms with E-state index in [-0.39, 0.29) is 0 Å². The van der Waals surface area contributed by atoms with Crippen molar-refractivity contribution in [3.8, 4) is 0 Å². The molecule has 2 aromatic rings. The molecular weight excluding hydrogens is 226 g/mol. The Hall–Kier alpha value is -1.42. The fourth-order valence-corrected chi connectivity index (χ4v) is 1.50. The predicted molar refractivity (Wildman–Crippen MR) is 60.4 cm³/mol. The van der Waals surface area contributed by atoms with Crippen LogP contribution >= 0.6 is 11.6 Å². The summed E-state index contributed by atoms with van der Waals surface area (Å²) < 4.78 is 5.10. The van der Waals surface area contributed by atoms with Gasteiger partial charge in [0, 0.05) is 31.1 Å². The third kappa shape index (κ3) is 3.03. The molecule has 0 spiro atoms. The predicted octanol–water partition coefficient (Wildman–Crippen LogP) is 2.23. The van der Waals surface area contributed by atoms with Crippen molar-refractivity contribution >= 4 is 11.6 Å². The van der Waals surface area contributed by atoms with Crippen molar-refractivity contribution < 1.29 is 4.52 Å². The number of aromatic nitrogens is 3. The second-order valence-electron chi connectivity index (χ2n) is 3.43. The van der Waals surface area contributed by atoms with Crippen molar-refractivity contribution in [2.45, 2.75) is 19.3 Å². The van der Waals surface area contributed by atoms with E-state index in [1.807, 2.05) is 12.1 Å². The third-order valence-corrected chi connectivity index (χ3v) is 2.41. The lowest BCUT2D eigenvalue weighted by Gasteiger charge is -1.93. The van der Waals surface area contributed by atoms with Crippen LogP contribution in [0.1, 0.15) is 23.7 Å². The number of hydrogen-bond donors (Lipinski definition) is 0. The molecule has 0 aliphatic carbocycles. The molecule has 0 aliphatic rings. The SMILES string of the molecule is ClCCCc1nc(Cc2ccncc2)no1. The summed E-state index contributed by atoms with van der Waals surface area (Å²) in [5.74, 6) is 1.97. The number of hydrogen-bond acceptors (Lipinski definition) is 4. The Morgan fingerprint density at radius 3 is 2.81 bits per heavy atom. The molecule has 0 aliphatic heterocycles. The molecule has 0 radical (unpaired) electrons. The van der Waals surface area contributed by atoms with Gasteiger partial charge < -0.3 is 4.52 Å². The molecule has 0 saturated heterocycles. The molecule has 4 nitrogen and oxygen atoms in total. The maximum Gasteiger partial charge on any atom is 0.226 e. The summed E-state index contributed by atoms with van der Waals surface area (Å²) in [5, 5.41) is 3.91. The van der Waals surface area contributed by atoms with Crippen LogP contribution < -0.4 is 0 Å². The zero-order chi connectivity index (χ0) is 11.2. The maximum absolute atomic E-state index is 5.59. The van der Waals surface area contributed by atoms with Crippen LogP contribution in [0.2, 0.25) is 0 Å². The molecule has 0 N–H and O–H groups in total. The Labute approximate surface area is 98.7 Å². The van der Waals surface area contributed by atoms with E-state index in [1.165, 1.54) is 0 Å². The zero-order valence-corrected chi connectivity index (χ0v) is 9.52. The second-order valence-corrected chi connectivity index (χ2v) is 3.81. The standard InChI is InChI=1S/C11H12ClN3O/c12-5-1-2-11-14-10(15-16-11)8-9-3-6-13-7-4-9/h3-4,6-7H,1-2,5,8H2. The Balaban J connectivity index is 1.97. The Kier molecular flexibility index (Phi) is 3.88. The van der Waals surface area contributed by atoms with Gasteiger partial charge in [-0.2, -0.15) is 4.98 Å². The van der Waals surface area contributed by atoms with Gasteiger partial charge in [-0.05, 0) is 24.1 Å². The Morgan fingerprint density at radius 1 is 1.25 bits per heavy atom. The first-order valence-electron chi connectivity index (χ1n) is 5.15. The van der Waals surface area contributed by atoms with E-state index in [4.69, 9.17) is 16.1 Å². The number of nitrogens with zero attached hydrogens (tertiary/aromatic N) is 3. The van der Waals surface area contributed by atoms with Crippen molar-refractivity contribution in [1.29, 1.82) is 0 Å². The van der Waals surface area contributed by atoms with Crippen LogP contribution in [0.3, 0.4) is 0 Å². The van der Waals surface area contributed by atoms with Gasteiger partial charge in [0.05, 0.1) is 0 Å². The molecule has 0 atom stereocenters. The Bertz CT molecular complexity index is 430. The highest BCUT2D eigenvalue weighted by atomic mass is 35.5. The van der Waals surface area contributed by atoms with Gasteiger partial charge in [-0.25, -0.2) is 0 Å². The van der Waals surface area contributed by atoms with Crippen LogP contribution in [0.5, 0.6) is 0 Å². The second kappa shape index (κ2) is 5.61. The molecule has 2 aromatic heterocycles. The van der Waals surface area contributed by atoms with E-state index in [1.54, 1.807) is 12.4 Å². The van der Waals surface area contributed by atoms with Crippen LogP contribution in [-0.2, 0) is 12.8 Å². The van der Waals surface area contributed by atoms with Crippen LogP contribution in [0.15, 0.2) is 29.0 Å². The fraction of sp³-hybridized carbons (Fsp3) is 0.364. The van der Waals surface area contributed by atoms with E-state index in [2.05, 4.69) is 15.1 Å². The largest absolute Gasteiger partial charge is 0.339 e. The first kappa shape index (κ1) is 11.1. The van der Waals surface area contributed by atoms with E-state index in [0.717, 1.165) is 18.4 Å². The zero-order valence-electron chi connectivity index (χ0n) is 8.77. The number of aryl methyl sites for hydroxylation is 1. The molecule has 0 saturated carbocycles. The normalized spacial score (nSPS) is 10.6. The summed E-state index contributed by atoms with van der Waals surface area (Å²) >= 11 is 5.59. The lowest BCUT2D eigenvalue weighted by molar-refractivity contribution is 0.373. The van der Waals surface area contributed by atoms with Crippen molar-refractivity contribution in [3.63, 3.8) is 0 Å². The van der Waals surface area contributed by atoms with Gasteiger partial charge in [0.2, 0.25) is 5.89 Å². The summed E-state index contributed by atoms with van der Waals surface area (Å²) in [5.41, 5.74) is 1.12.